The number of rotatable bonds is 5. The van der Waals surface area contributed by atoms with Gasteiger partial charge in [0.2, 0.25) is 0 Å². The van der Waals surface area contributed by atoms with Crippen molar-refractivity contribution in [3.8, 4) is 11.5 Å². The Balaban J connectivity index is 0.000000168. The summed E-state index contributed by atoms with van der Waals surface area (Å²) < 4.78 is 22.3. The van der Waals surface area contributed by atoms with Crippen LogP contribution in [0.2, 0.25) is 0 Å². The topological polar surface area (TPSA) is 65.7 Å². The number of benzene rings is 2. The Morgan fingerprint density at radius 1 is 1.00 bits per heavy atom. The second-order valence-electron chi connectivity index (χ2n) is 5.12. The molecule has 23 heavy (non-hydrogen) atoms. The predicted octanol–water partition coefficient (Wildman–Crippen LogP) is 3.62. The molecule has 0 amide bonds. The number of ether oxygens (including phenoxy) is 2. The standard InChI is InChI=1S/C9H12N2O.C8H9FO2/c10-12-11-9-5-3-8(4-6-9)7-1-2-7;1-10-7-4-3-6(9)5-8(7)11-2/h3-7,11H,1-2,10H2;3-5H,1-2H3. The second-order valence-corrected chi connectivity index (χ2v) is 5.12. The Kier molecular flexibility index (Phi) is 6.19. The molecule has 0 atom stereocenters. The summed E-state index contributed by atoms with van der Waals surface area (Å²) in [5, 5.41) is 0. The van der Waals surface area contributed by atoms with E-state index in [0.717, 1.165) is 11.6 Å². The third-order valence-electron chi connectivity index (χ3n) is 3.48. The first kappa shape index (κ1) is 17.1. The summed E-state index contributed by atoms with van der Waals surface area (Å²) in [5.41, 5.74) is 4.88. The Bertz CT molecular complexity index is 616. The Morgan fingerprint density at radius 3 is 2.17 bits per heavy atom. The van der Waals surface area contributed by atoms with Gasteiger partial charge in [0.25, 0.3) is 0 Å². The predicted molar refractivity (Wildman–Crippen MR) is 86.8 cm³/mol. The van der Waals surface area contributed by atoms with Crippen LogP contribution in [0.15, 0.2) is 42.5 Å². The molecule has 3 N–H and O–H groups in total. The molecule has 6 heteroatoms. The maximum absolute atomic E-state index is 12.5. The third-order valence-corrected chi connectivity index (χ3v) is 3.48. The Morgan fingerprint density at radius 2 is 1.65 bits per heavy atom. The minimum Gasteiger partial charge on any atom is -0.493 e. The van der Waals surface area contributed by atoms with Crippen molar-refractivity contribution in [2.24, 2.45) is 5.90 Å². The molecule has 0 aromatic heterocycles. The Hall–Kier alpha value is -2.31. The van der Waals surface area contributed by atoms with Crippen LogP contribution in [-0.4, -0.2) is 14.2 Å². The van der Waals surface area contributed by atoms with Crippen LogP contribution in [0.1, 0.15) is 24.3 Å². The summed E-state index contributed by atoms with van der Waals surface area (Å²) in [4.78, 5) is 4.29. The van der Waals surface area contributed by atoms with E-state index in [0.29, 0.717) is 11.5 Å². The molecule has 5 nitrogen and oxygen atoms in total. The van der Waals surface area contributed by atoms with Gasteiger partial charge >= 0.3 is 0 Å². The first-order valence-electron chi connectivity index (χ1n) is 7.27. The molecule has 124 valence electrons. The molecule has 0 unspecified atom stereocenters. The van der Waals surface area contributed by atoms with E-state index in [4.69, 9.17) is 15.4 Å². The quantitative estimate of drug-likeness (QED) is 0.824. The maximum Gasteiger partial charge on any atom is 0.163 e. The van der Waals surface area contributed by atoms with Crippen molar-refractivity contribution >= 4 is 5.69 Å². The zero-order chi connectivity index (χ0) is 16.7. The highest BCUT2D eigenvalue weighted by atomic mass is 19.1. The van der Waals surface area contributed by atoms with E-state index < -0.39 is 0 Å². The van der Waals surface area contributed by atoms with Crippen LogP contribution in [0.5, 0.6) is 11.5 Å². The molecule has 0 heterocycles. The van der Waals surface area contributed by atoms with E-state index in [2.05, 4.69) is 22.6 Å². The van der Waals surface area contributed by atoms with Gasteiger partial charge in [-0.1, -0.05) is 12.1 Å². The minimum absolute atomic E-state index is 0.331. The molecule has 2 aromatic carbocycles. The van der Waals surface area contributed by atoms with Crippen LogP contribution in [-0.2, 0) is 4.94 Å². The monoisotopic (exact) mass is 320 g/mol. The summed E-state index contributed by atoms with van der Waals surface area (Å²) in [6.07, 6.45) is 2.67. The van der Waals surface area contributed by atoms with Gasteiger partial charge in [0.15, 0.2) is 11.5 Å². The van der Waals surface area contributed by atoms with Crippen molar-refractivity contribution in [1.29, 1.82) is 0 Å². The normalized spacial score (nSPS) is 12.9. The first-order chi connectivity index (χ1) is 11.2. The molecule has 2 aromatic rings. The lowest BCUT2D eigenvalue weighted by Crippen LogP contribution is -2.06. The van der Waals surface area contributed by atoms with Crippen molar-refractivity contribution in [2.75, 3.05) is 19.7 Å². The van der Waals surface area contributed by atoms with Crippen LogP contribution in [0, 0.1) is 5.82 Å². The van der Waals surface area contributed by atoms with Crippen molar-refractivity contribution in [1.82, 2.24) is 0 Å². The number of hydrogen-bond acceptors (Lipinski definition) is 5. The molecule has 0 spiro atoms. The fourth-order valence-corrected chi connectivity index (χ4v) is 2.12. The van der Waals surface area contributed by atoms with Crippen LogP contribution < -0.4 is 20.9 Å². The van der Waals surface area contributed by atoms with Gasteiger partial charge in [-0.05, 0) is 48.6 Å². The average molecular weight is 320 g/mol. The zero-order valence-electron chi connectivity index (χ0n) is 13.2. The van der Waals surface area contributed by atoms with Gasteiger partial charge in [0.1, 0.15) is 5.82 Å². The number of hydrogen-bond donors (Lipinski definition) is 2. The van der Waals surface area contributed by atoms with Gasteiger partial charge in [-0.25, -0.2) is 9.87 Å². The summed E-state index contributed by atoms with van der Waals surface area (Å²) in [6.45, 7) is 0. The zero-order valence-corrected chi connectivity index (χ0v) is 13.2. The summed E-state index contributed by atoms with van der Waals surface area (Å²) in [6, 6.07) is 12.3. The lowest BCUT2D eigenvalue weighted by Gasteiger charge is -2.05. The Labute approximate surface area is 135 Å². The maximum atomic E-state index is 12.5. The van der Waals surface area contributed by atoms with Crippen LogP contribution in [0.25, 0.3) is 0 Å². The van der Waals surface area contributed by atoms with Gasteiger partial charge < -0.3 is 9.47 Å². The van der Waals surface area contributed by atoms with E-state index >= 15 is 0 Å². The van der Waals surface area contributed by atoms with E-state index in [9.17, 15) is 4.39 Å². The second kappa shape index (κ2) is 8.36. The number of anilines is 1. The highest BCUT2D eigenvalue weighted by Gasteiger charge is 2.22. The van der Waals surface area contributed by atoms with Gasteiger partial charge in [-0.2, -0.15) is 10.8 Å². The van der Waals surface area contributed by atoms with Crippen molar-refractivity contribution in [2.45, 2.75) is 18.8 Å². The van der Waals surface area contributed by atoms with Crippen molar-refractivity contribution in [3.63, 3.8) is 0 Å². The fraction of sp³-hybridized carbons (Fsp3) is 0.294. The van der Waals surface area contributed by atoms with E-state index in [1.807, 2.05) is 12.1 Å². The summed E-state index contributed by atoms with van der Waals surface area (Å²) in [5.74, 6) is 6.28. The SMILES string of the molecule is COc1ccc(F)cc1OC.NONc1ccc(C2CC2)cc1. The number of nitrogens with two attached hydrogens (primary N) is 1. The molecular weight excluding hydrogens is 299 g/mol. The molecule has 1 aliphatic carbocycles. The van der Waals surface area contributed by atoms with Crippen LogP contribution in [0.3, 0.4) is 0 Å². The van der Waals surface area contributed by atoms with Crippen molar-refractivity contribution < 1.29 is 18.8 Å². The average Bonchev–Trinajstić information content (AvgIpc) is 3.41. The summed E-state index contributed by atoms with van der Waals surface area (Å²) >= 11 is 0. The van der Waals surface area contributed by atoms with Crippen molar-refractivity contribution in [3.05, 3.63) is 53.8 Å². The van der Waals surface area contributed by atoms with Crippen LogP contribution >= 0.6 is 0 Å². The highest BCUT2D eigenvalue weighted by molar-refractivity contribution is 5.44. The molecule has 1 saturated carbocycles. The molecule has 0 aliphatic heterocycles. The van der Waals surface area contributed by atoms with Gasteiger partial charge in [0, 0.05) is 6.07 Å². The molecule has 1 fully saturated rings. The third kappa shape index (κ3) is 5.12. The summed E-state index contributed by atoms with van der Waals surface area (Å²) in [7, 11) is 2.98. The van der Waals surface area contributed by atoms with Gasteiger partial charge in [-0.3, -0.25) is 0 Å². The van der Waals surface area contributed by atoms with E-state index in [1.54, 1.807) is 0 Å². The first-order valence-corrected chi connectivity index (χ1v) is 7.27. The lowest BCUT2D eigenvalue weighted by molar-refractivity contribution is 0.201. The highest BCUT2D eigenvalue weighted by Crippen LogP contribution is 2.40. The molecule has 1 aliphatic rings. The molecule has 3 rings (SSSR count). The fourth-order valence-electron chi connectivity index (χ4n) is 2.12. The van der Waals surface area contributed by atoms with E-state index in [-0.39, 0.29) is 5.82 Å². The number of nitrogens with one attached hydrogen (secondary N) is 1. The minimum atomic E-state index is -0.331. The lowest BCUT2D eigenvalue weighted by atomic mass is 10.1. The molecular formula is C17H21FN2O3. The molecule has 0 radical (unpaired) electrons. The van der Waals surface area contributed by atoms with E-state index in [1.165, 1.54) is 50.8 Å². The molecule has 0 bridgehead atoms. The molecule has 0 saturated heterocycles. The smallest absolute Gasteiger partial charge is 0.163 e. The number of methoxy groups -OCH3 is 2. The van der Waals surface area contributed by atoms with Gasteiger partial charge in [0.05, 0.1) is 19.9 Å². The van der Waals surface area contributed by atoms with Crippen LogP contribution in [0.4, 0.5) is 10.1 Å². The number of halogens is 1. The largest absolute Gasteiger partial charge is 0.493 e. The van der Waals surface area contributed by atoms with Gasteiger partial charge in [-0.15, -0.1) is 0 Å².